The summed E-state index contributed by atoms with van der Waals surface area (Å²) in [5.41, 5.74) is 0.104. The van der Waals surface area contributed by atoms with Gasteiger partial charge in [-0.1, -0.05) is 12.1 Å². The minimum absolute atomic E-state index is 0.0414. The summed E-state index contributed by atoms with van der Waals surface area (Å²) in [4.78, 5) is 12.5. The lowest BCUT2D eigenvalue weighted by molar-refractivity contribution is 0.227. The van der Waals surface area contributed by atoms with E-state index in [0.717, 1.165) is 4.90 Å². The molecule has 0 saturated heterocycles. The van der Waals surface area contributed by atoms with E-state index in [1.165, 1.54) is 25.2 Å². The van der Waals surface area contributed by atoms with Gasteiger partial charge in [-0.05, 0) is 12.1 Å². The fraction of sp³-hybridized carbons (Fsp3) is 0.200. The van der Waals surface area contributed by atoms with Gasteiger partial charge in [-0.15, -0.1) is 0 Å². The molecular weight excluding hydrogens is 197 g/mol. The molecule has 4 nitrogen and oxygen atoms in total. The van der Waals surface area contributed by atoms with Crippen molar-refractivity contribution in [2.75, 3.05) is 18.9 Å². The number of urea groups is 1. The van der Waals surface area contributed by atoms with Gasteiger partial charge in [-0.25, -0.2) is 9.18 Å². The second kappa shape index (κ2) is 4.96. The SMILES string of the molecule is CN(CC#N)C(=O)Nc1ccccc1F. The molecule has 0 aromatic heterocycles. The van der Waals surface area contributed by atoms with E-state index in [2.05, 4.69) is 5.32 Å². The molecule has 15 heavy (non-hydrogen) atoms. The Morgan fingerprint density at radius 3 is 2.87 bits per heavy atom. The van der Waals surface area contributed by atoms with Crippen LogP contribution in [-0.2, 0) is 0 Å². The second-order valence-corrected chi connectivity index (χ2v) is 2.92. The van der Waals surface area contributed by atoms with Crippen LogP contribution in [0, 0.1) is 17.1 Å². The largest absolute Gasteiger partial charge is 0.322 e. The standard InChI is InChI=1S/C10H10FN3O/c1-14(7-6-12)10(15)13-9-5-3-2-4-8(9)11/h2-5H,7H2,1H3,(H,13,15). The van der Waals surface area contributed by atoms with E-state index in [9.17, 15) is 9.18 Å². The third kappa shape index (κ3) is 2.95. The first-order valence-electron chi connectivity index (χ1n) is 4.28. The number of anilines is 1. The molecule has 0 aliphatic heterocycles. The molecule has 0 heterocycles. The van der Waals surface area contributed by atoms with Crippen molar-refractivity contribution in [2.24, 2.45) is 0 Å². The normalized spacial score (nSPS) is 9.13. The monoisotopic (exact) mass is 207 g/mol. The van der Waals surface area contributed by atoms with Crippen LogP contribution in [0.15, 0.2) is 24.3 Å². The highest BCUT2D eigenvalue weighted by Crippen LogP contribution is 2.12. The van der Waals surface area contributed by atoms with Crippen molar-refractivity contribution >= 4 is 11.7 Å². The molecule has 1 rings (SSSR count). The third-order valence-electron chi connectivity index (χ3n) is 1.77. The van der Waals surface area contributed by atoms with Crippen molar-refractivity contribution in [3.8, 4) is 6.07 Å². The van der Waals surface area contributed by atoms with Crippen molar-refractivity contribution in [1.82, 2.24) is 4.90 Å². The molecule has 5 heteroatoms. The molecular formula is C10H10FN3O. The molecule has 1 N–H and O–H groups in total. The summed E-state index contributed by atoms with van der Waals surface area (Å²) in [6.45, 7) is -0.0414. The van der Waals surface area contributed by atoms with Gasteiger partial charge in [0.1, 0.15) is 12.4 Å². The molecule has 0 unspecified atom stereocenters. The number of benzene rings is 1. The van der Waals surface area contributed by atoms with Crippen LogP contribution in [0.4, 0.5) is 14.9 Å². The summed E-state index contributed by atoms with van der Waals surface area (Å²) in [5, 5.41) is 10.7. The highest BCUT2D eigenvalue weighted by molar-refractivity contribution is 5.89. The molecule has 78 valence electrons. The lowest BCUT2D eigenvalue weighted by Gasteiger charge is -2.14. The average Bonchev–Trinajstić information content (AvgIpc) is 2.21. The van der Waals surface area contributed by atoms with E-state index in [4.69, 9.17) is 5.26 Å². The number of halogens is 1. The van der Waals surface area contributed by atoms with Crippen LogP contribution in [0.2, 0.25) is 0 Å². The fourth-order valence-electron chi connectivity index (χ4n) is 0.951. The number of nitriles is 1. The Bertz CT molecular complexity index is 400. The number of nitrogens with one attached hydrogen (secondary N) is 1. The highest BCUT2D eigenvalue weighted by Gasteiger charge is 2.09. The molecule has 1 aromatic carbocycles. The molecule has 0 atom stereocenters. The fourth-order valence-corrected chi connectivity index (χ4v) is 0.951. The van der Waals surface area contributed by atoms with Crippen molar-refractivity contribution in [1.29, 1.82) is 5.26 Å². The molecule has 0 bridgehead atoms. The Kier molecular flexibility index (Phi) is 3.63. The summed E-state index contributed by atoms with van der Waals surface area (Å²) in [6, 6.07) is 7.16. The molecule has 0 saturated carbocycles. The Morgan fingerprint density at radius 2 is 2.27 bits per heavy atom. The topological polar surface area (TPSA) is 56.1 Å². The zero-order valence-corrected chi connectivity index (χ0v) is 8.20. The van der Waals surface area contributed by atoms with E-state index in [1.807, 2.05) is 6.07 Å². The predicted molar refractivity (Wildman–Crippen MR) is 53.7 cm³/mol. The Hall–Kier alpha value is -2.09. The van der Waals surface area contributed by atoms with Crippen molar-refractivity contribution < 1.29 is 9.18 Å². The maximum absolute atomic E-state index is 13.1. The van der Waals surface area contributed by atoms with Crippen LogP contribution in [-0.4, -0.2) is 24.5 Å². The Balaban J connectivity index is 2.67. The number of amides is 2. The van der Waals surface area contributed by atoms with E-state index >= 15 is 0 Å². The Labute approximate surface area is 86.9 Å². The summed E-state index contributed by atoms with van der Waals surface area (Å²) in [5.74, 6) is -0.504. The van der Waals surface area contributed by atoms with Crippen LogP contribution >= 0.6 is 0 Å². The van der Waals surface area contributed by atoms with Crippen LogP contribution in [0.1, 0.15) is 0 Å². The highest BCUT2D eigenvalue weighted by atomic mass is 19.1. The zero-order chi connectivity index (χ0) is 11.3. The summed E-state index contributed by atoms with van der Waals surface area (Å²) in [7, 11) is 1.46. The van der Waals surface area contributed by atoms with Gasteiger partial charge in [-0.2, -0.15) is 5.26 Å². The molecule has 2 amide bonds. The minimum atomic E-state index is -0.512. The van der Waals surface area contributed by atoms with Crippen LogP contribution in [0.3, 0.4) is 0 Å². The number of carbonyl (C=O) groups excluding carboxylic acids is 1. The van der Waals surface area contributed by atoms with Gasteiger partial charge in [-0.3, -0.25) is 0 Å². The molecule has 0 aliphatic carbocycles. The number of hydrogen-bond donors (Lipinski definition) is 1. The Morgan fingerprint density at radius 1 is 1.60 bits per heavy atom. The third-order valence-corrected chi connectivity index (χ3v) is 1.77. The van der Waals surface area contributed by atoms with Gasteiger partial charge in [0.2, 0.25) is 0 Å². The number of nitrogens with zero attached hydrogens (tertiary/aromatic N) is 2. The number of carbonyl (C=O) groups is 1. The summed E-state index contributed by atoms with van der Waals surface area (Å²) in [6.07, 6.45) is 0. The van der Waals surface area contributed by atoms with Crippen LogP contribution in [0.25, 0.3) is 0 Å². The van der Waals surface area contributed by atoms with E-state index < -0.39 is 11.8 Å². The average molecular weight is 207 g/mol. The van der Waals surface area contributed by atoms with Crippen molar-refractivity contribution in [2.45, 2.75) is 0 Å². The van der Waals surface area contributed by atoms with E-state index in [-0.39, 0.29) is 12.2 Å². The molecule has 0 radical (unpaired) electrons. The summed E-state index contributed by atoms with van der Waals surface area (Å²) >= 11 is 0. The number of hydrogen-bond acceptors (Lipinski definition) is 2. The van der Waals surface area contributed by atoms with Crippen molar-refractivity contribution in [3.63, 3.8) is 0 Å². The van der Waals surface area contributed by atoms with E-state index in [0.29, 0.717) is 0 Å². The van der Waals surface area contributed by atoms with Gasteiger partial charge in [0.25, 0.3) is 0 Å². The first-order valence-corrected chi connectivity index (χ1v) is 4.28. The predicted octanol–water partition coefficient (Wildman–Crippen LogP) is 1.81. The zero-order valence-electron chi connectivity index (χ0n) is 8.20. The quantitative estimate of drug-likeness (QED) is 0.752. The van der Waals surface area contributed by atoms with E-state index in [1.54, 1.807) is 6.07 Å². The van der Waals surface area contributed by atoms with Gasteiger partial charge < -0.3 is 10.2 Å². The first kappa shape index (κ1) is 11.0. The second-order valence-electron chi connectivity index (χ2n) is 2.92. The lowest BCUT2D eigenvalue weighted by atomic mass is 10.3. The first-order chi connectivity index (χ1) is 7.15. The molecule has 0 fully saturated rings. The van der Waals surface area contributed by atoms with Crippen LogP contribution in [0.5, 0.6) is 0 Å². The maximum atomic E-state index is 13.1. The van der Waals surface area contributed by atoms with Crippen LogP contribution < -0.4 is 5.32 Å². The van der Waals surface area contributed by atoms with Crippen molar-refractivity contribution in [3.05, 3.63) is 30.1 Å². The van der Waals surface area contributed by atoms with Gasteiger partial charge in [0.05, 0.1) is 11.8 Å². The van der Waals surface area contributed by atoms with Gasteiger partial charge in [0, 0.05) is 7.05 Å². The smallest absolute Gasteiger partial charge is 0.314 e. The number of rotatable bonds is 2. The number of para-hydroxylation sites is 1. The summed E-state index contributed by atoms with van der Waals surface area (Å²) < 4.78 is 13.1. The lowest BCUT2D eigenvalue weighted by Crippen LogP contribution is -2.31. The minimum Gasteiger partial charge on any atom is -0.314 e. The van der Waals surface area contributed by atoms with Gasteiger partial charge in [0.15, 0.2) is 0 Å². The molecule has 0 spiro atoms. The molecule has 0 aliphatic rings. The maximum Gasteiger partial charge on any atom is 0.322 e. The molecule has 1 aromatic rings. The van der Waals surface area contributed by atoms with Gasteiger partial charge >= 0.3 is 6.03 Å².